The molecule has 0 aliphatic carbocycles. The van der Waals surface area contributed by atoms with Gasteiger partial charge in [-0.25, -0.2) is 0 Å². The summed E-state index contributed by atoms with van der Waals surface area (Å²) in [6, 6.07) is 10.9. The molecule has 6 heteroatoms. The van der Waals surface area contributed by atoms with Gasteiger partial charge in [0.05, 0.1) is 17.6 Å². The molecule has 2 aromatic rings. The molecule has 2 heterocycles. The zero-order chi connectivity index (χ0) is 16.9. The van der Waals surface area contributed by atoms with Crippen molar-refractivity contribution in [2.75, 3.05) is 23.4 Å². The average Bonchev–Trinajstić information content (AvgIpc) is 3.01. The molecule has 3 rings (SSSR count). The quantitative estimate of drug-likeness (QED) is 0.917. The number of hydrogen-bond acceptors (Lipinski definition) is 4. The fourth-order valence-electron chi connectivity index (χ4n) is 2.59. The number of nitrogens with zero attached hydrogens (tertiary/aromatic N) is 2. The Bertz CT molecular complexity index is 743. The van der Waals surface area contributed by atoms with Gasteiger partial charge in [-0.05, 0) is 37.6 Å². The molecule has 1 aliphatic rings. The van der Waals surface area contributed by atoms with Crippen molar-refractivity contribution in [3.8, 4) is 5.75 Å². The first-order valence-electron chi connectivity index (χ1n) is 7.88. The van der Waals surface area contributed by atoms with E-state index in [4.69, 9.17) is 4.74 Å². The molecule has 0 spiro atoms. The Balaban J connectivity index is 1.64. The van der Waals surface area contributed by atoms with Crippen LogP contribution in [0.4, 0.5) is 11.4 Å². The van der Waals surface area contributed by atoms with Crippen molar-refractivity contribution in [2.24, 2.45) is 0 Å². The first-order chi connectivity index (χ1) is 11.6. The third-order valence-electron chi connectivity index (χ3n) is 3.80. The van der Waals surface area contributed by atoms with Gasteiger partial charge in [0.25, 0.3) is 5.91 Å². The van der Waals surface area contributed by atoms with E-state index in [9.17, 15) is 9.59 Å². The van der Waals surface area contributed by atoms with Crippen LogP contribution in [0.3, 0.4) is 0 Å². The van der Waals surface area contributed by atoms with Gasteiger partial charge in [0.2, 0.25) is 5.91 Å². The molecule has 124 valence electrons. The van der Waals surface area contributed by atoms with Gasteiger partial charge < -0.3 is 15.0 Å². The smallest absolute Gasteiger partial charge is 0.262 e. The summed E-state index contributed by atoms with van der Waals surface area (Å²) in [5, 5.41) is 2.81. The lowest BCUT2D eigenvalue weighted by Crippen LogP contribution is -2.26. The normalized spacial score (nSPS) is 13.9. The van der Waals surface area contributed by atoms with Crippen LogP contribution in [0.15, 0.2) is 42.6 Å². The van der Waals surface area contributed by atoms with E-state index in [0.29, 0.717) is 24.4 Å². The Morgan fingerprint density at radius 2 is 2.12 bits per heavy atom. The summed E-state index contributed by atoms with van der Waals surface area (Å²) >= 11 is 0. The van der Waals surface area contributed by atoms with Crippen LogP contribution in [-0.2, 0) is 9.59 Å². The molecule has 6 nitrogen and oxygen atoms in total. The number of aromatic nitrogens is 1. The minimum absolute atomic E-state index is 0.0821. The van der Waals surface area contributed by atoms with Crippen LogP contribution < -0.4 is 15.0 Å². The molecular formula is C18H19N3O3. The number of nitrogens with one attached hydrogen (secondary N) is 1. The van der Waals surface area contributed by atoms with Crippen molar-refractivity contribution in [1.29, 1.82) is 0 Å². The minimum atomic E-state index is -0.283. The summed E-state index contributed by atoms with van der Waals surface area (Å²) in [6.07, 6.45) is 2.97. The number of para-hydroxylation sites is 2. The number of ether oxygens (including phenoxy) is 1. The van der Waals surface area contributed by atoms with Crippen molar-refractivity contribution in [3.05, 3.63) is 48.3 Å². The molecule has 0 unspecified atom stereocenters. The predicted octanol–water partition coefficient (Wildman–Crippen LogP) is 2.53. The van der Waals surface area contributed by atoms with Crippen molar-refractivity contribution < 1.29 is 14.3 Å². The Morgan fingerprint density at radius 3 is 2.83 bits per heavy atom. The maximum Gasteiger partial charge on any atom is 0.262 e. The van der Waals surface area contributed by atoms with E-state index in [1.807, 2.05) is 31.2 Å². The summed E-state index contributed by atoms with van der Waals surface area (Å²) in [4.78, 5) is 29.9. The van der Waals surface area contributed by atoms with E-state index in [1.165, 1.54) is 0 Å². The molecule has 1 aromatic carbocycles. The van der Waals surface area contributed by atoms with E-state index in [-0.39, 0.29) is 18.4 Å². The average molecular weight is 325 g/mol. The largest absolute Gasteiger partial charge is 0.482 e. The van der Waals surface area contributed by atoms with Crippen LogP contribution in [0.2, 0.25) is 0 Å². The molecule has 0 atom stereocenters. The van der Waals surface area contributed by atoms with Gasteiger partial charge in [-0.3, -0.25) is 14.6 Å². The Labute approximate surface area is 140 Å². The first-order valence-corrected chi connectivity index (χ1v) is 7.88. The lowest BCUT2D eigenvalue weighted by Gasteiger charge is -2.20. The molecule has 1 saturated heterocycles. The Hall–Kier alpha value is -2.89. The fraction of sp³-hybridized carbons (Fsp3) is 0.278. The Kier molecular flexibility index (Phi) is 4.74. The lowest BCUT2D eigenvalue weighted by molar-refractivity contribution is -0.118. The maximum absolute atomic E-state index is 12.1. The third kappa shape index (κ3) is 3.71. The first kappa shape index (κ1) is 16.0. The maximum atomic E-state index is 12.1. The fourth-order valence-corrected chi connectivity index (χ4v) is 2.59. The number of pyridine rings is 1. The summed E-state index contributed by atoms with van der Waals surface area (Å²) in [6.45, 7) is 2.44. The number of carbonyl (C=O) groups is 2. The van der Waals surface area contributed by atoms with Crippen LogP contribution in [0.25, 0.3) is 0 Å². The topological polar surface area (TPSA) is 71.5 Å². The summed E-state index contributed by atoms with van der Waals surface area (Å²) in [5.74, 6) is 0.340. The molecule has 1 fully saturated rings. The molecule has 1 aliphatic heterocycles. The molecule has 1 aromatic heterocycles. The second kappa shape index (κ2) is 7.12. The molecule has 24 heavy (non-hydrogen) atoms. The number of carbonyl (C=O) groups excluding carboxylic acids is 2. The molecule has 0 radical (unpaired) electrons. The van der Waals surface area contributed by atoms with Gasteiger partial charge in [-0.15, -0.1) is 0 Å². The molecule has 0 bridgehead atoms. The van der Waals surface area contributed by atoms with Crippen LogP contribution in [0, 0.1) is 6.92 Å². The standard InChI is InChI=1S/C18H19N3O3/c1-13-8-9-14(11-19-13)24-12-17(22)20-15-5-2-3-6-16(15)21-10-4-7-18(21)23/h2-3,5-6,8-9,11H,4,7,10,12H2,1H3,(H,20,22). The second-order valence-corrected chi connectivity index (χ2v) is 5.64. The summed E-state index contributed by atoms with van der Waals surface area (Å²) < 4.78 is 5.43. The van der Waals surface area contributed by atoms with Gasteiger partial charge in [-0.2, -0.15) is 0 Å². The summed E-state index contributed by atoms with van der Waals surface area (Å²) in [7, 11) is 0. The van der Waals surface area contributed by atoms with Gasteiger partial charge in [0, 0.05) is 18.7 Å². The van der Waals surface area contributed by atoms with Crippen molar-refractivity contribution in [1.82, 2.24) is 4.98 Å². The predicted molar refractivity (Wildman–Crippen MR) is 91.1 cm³/mol. The number of amides is 2. The highest BCUT2D eigenvalue weighted by Crippen LogP contribution is 2.29. The van der Waals surface area contributed by atoms with Crippen LogP contribution in [-0.4, -0.2) is 29.9 Å². The van der Waals surface area contributed by atoms with E-state index in [1.54, 1.807) is 23.2 Å². The molecule has 1 N–H and O–H groups in total. The van der Waals surface area contributed by atoms with E-state index in [2.05, 4.69) is 10.3 Å². The lowest BCUT2D eigenvalue weighted by atomic mass is 10.2. The van der Waals surface area contributed by atoms with Crippen molar-refractivity contribution >= 4 is 23.2 Å². The van der Waals surface area contributed by atoms with E-state index in [0.717, 1.165) is 17.8 Å². The van der Waals surface area contributed by atoms with E-state index < -0.39 is 0 Å². The van der Waals surface area contributed by atoms with Gasteiger partial charge in [-0.1, -0.05) is 12.1 Å². The van der Waals surface area contributed by atoms with E-state index >= 15 is 0 Å². The minimum Gasteiger partial charge on any atom is -0.482 e. The number of hydrogen-bond donors (Lipinski definition) is 1. The van der Waals surface area contributed by atoms with Gasteiger partial charge in [0.1, 0.15) is 5.75 Å². The van der Waals surface area contributed by atoms with Crippen LogP contribution >= 0.6 is 0 Å². The highest BCUT2D eigenvalue weighted by atomic mass is 16.5. The van der Waals surface area contributed by atoms with Gasteiger partial charge in [0.15, 0.2) is 6.61 Å². The van der Waals surface area contributed by atoms with Crippen LogP contribution in [0.1, 0.15) is 18.5 Å². The van der Waals surface area contributed by atoms with Gasteiger partial charge >= 0.3 is 0 Å². The van der Waals surface area contributed by atoms with Crippen molar-refractivity contribution in [2.45, 2.75) is 19.8 Å². The number of aryl methyl sites for hydroxylation is 1. The zero-order valence-corrected chi connectivity index (χ0v) is 13.5. The SMILES string of the molecule is Cc1ccc(OCC(=O)Nc2ccccc2N2CCCC2=O)cn1. The molecule has 2 amide bonds. The molecule has 0 saturated carbocycles. The number of benzene rings is 1. The number of anilines is 2. The highest BCUT2D eigenvalue weighted by Gasteiger charge is 2.24. The van der Waals surface area contributed by atoms with Crippen LogP contribution in [0.5, 0.6) is 5.75 Å². The molecular weight excluding hydrogens is 306 g/mol. The van der Waals surface area contributed by atoms with Crippen molar-refractivity contribution in [3.63, 3.8) is 0 Å². The Morgan fingerprint density at radius 1 is 1.29 bits per heavy atom. The highest BCUT2D eigenvalue weighted by molar-refractivity contribution is 6.02. The number of rotatable bonds is 5. The summed E-state index contributed by atoms with van der Waals surface area (Å²) in [5.41, 5.74) is 2.23. The monoisotopic (exact) mass is 325 g/mol. The third-order valence-corrected chi connectivity index (χ3v) is 3.80. The second-order valence-electron chi connectivity index (χ2n) is 5.64. The zero-order valence-electron chi connectivity index (χ0n) is 13.5.